The van der Waals surface area contributed by atoms with Crippen molar-refractivity contribution in [3.8, 4) is 22.4 Å². The molecule has 1 atom stereocenters. The highest BCUT2D eigenvalue weighted by Gasteiger charge is 2.35. The van der Waals surface area contributed by atoms with Crippen molar-refractivity contribution in [2.75, 3.05) is 19.6 Å². The van der Waals surface area contributed by atoms with Gasteiger partial charge in [-0.05, 0) is 50.4 Å². The van der Waals surface area contributed by atoms with Crippen molar-refractivity contribution in [1.82, 2.24) is 24.9 Å². The minimum Gasteiger partial charge on any atom is -0.301 e. The molecule has 3 aromatic rings. The van der Waals surface area contributed by atoms with Gasteiger partial charge in [0.25, 0.3) is 0 Å². The summed E-state index contributed by atoms with van der Waals surface area (Å²) < 4.78 is 2.10. The number of pyridine rings is 1. The Labute approximate surface area is 153 Å². The molecule has 0 saturated carbocycles. The van der Waals surface area contributed by atoms with Crippen LogP contribution in [-0.4, -0.2) is 44.5 Å². The zero-order valence-electron chi connectivity index (χ0n) is 15.0. The fourth-order valence-corrected chi connectivity index (χ4v) is 4.28. The third kappa shape index (κ3) is 2.82. The fourth-order valence-electron chi connectivity index (χ4n) is 4.28. The largest absolute Gasteiger partial charge is 0.301 e. The predicted octanol–water partition coefficient (Wildman–Crippen LogP) is 3.58. The molecule has 2 bridgehead atoms. The lowest BCUT2D eigenvalue weighted by atomic mass is 9.84. The maximum atomic E-state index is 4.46. The Morgan fingerprint density at radius 3 is 2.31 bits per heavy atom. The standard InChI is InChI=1S/C21H23N5/c1-15-2-3-19(12-22-15)16-4-6-17(7-5-16)20-13-26(24-23-20)21-14-25-10-8-18(21)9-11-25/h2-7,12-13,18,21H,8-11,14H2,1H3/t21-/m0/s1. The lowest BCUT2D eigenvalue weighted by molar-refractivity contribution is 0.0504. The van der Waals surface area contributed by atoms with E-state index in [2.05, 4.69) is 61.4 Å². The van der Waals surface area contributed by atoms with E-state index in [4.69, 9.17) is 0 Å². The summed E-state index contributed by atoms with van der Waals surface area (Å²) in [6.45, 7) is 5.62. The highest BCUT2D eigenvalue weighted by molar-refractivity contribution is 5.67. The molecule has 1 aromatic carbocycles. The molecule has 5 heteroatoms. The average molecular weight is 345 g/mol. The summed E-state index contributed by atoms with van der Waals surface area (Å²) in [5.74, 6) is 0.756. The predicted molar refractivity (Wildman–Crippen MR) is 102 cm³/mol. The van der Waals surface area contributed by atoms with Crippen molar-refractivity contribution >= 4 is 0 Å². The van der Waals surface area contributed by atoms with Crippen LogP contribution in [0.1, 0.15) is 24.6 Å². The number of nitrogens with zero attached hydrogens (tertiary/aromatic N) is 5. The second-order valence-electron chi connectivity index (χ2n) is 7.55. The first-order valence-corrected chi connectivity index (χ1v) is 9.44. The molecule has 0 spiro atoms. The van der Waals surface area contributed by atoms with Crippen LogP contribution >= 0.6 is 0 Å². The molecule has 0 unspecified atom stereocenters. The summed E-state index contributed by atoms with van der Waals surface area (Å²) in [5, 5.41) is 8.90. The molecule has 0 aliphatic carbocycles. The van der Waals surface area contributed by atoms with Crippen molar-refractivity contribution in [2.24, 2.45) is 5.92 Å². The topological polar surface area (TPSA) is 46.8 Å². The van der Waals surface area contributed by atoms with E-state index < -0.39 is 0 Å². The quantitative estimate of drug-likeness (QED) is 0.728. The first kappa shape index (κ1) is 15.7. The number of benzene rings is 1. The monoisotopic (exact) mass is 345 g/mol. The maximum Gasteiger partial charge on any atom is 0.113 e. The second-order valence-corrected chi connectivity index (χ2v) is 7.55. The highest BCUT2D eigenvalue weighted by atomic mass is 15.4. The number of hydrogen-bond donors (Lipinski definition) is 0. The molecule has 132 valence electrons. The van der Waals surface area contributed by atoms with Gasteiger partial charge >= 0.3 is 0 Å². The van der Waals surface area contributed by atoms with Crippen LogP contribution < -0.4 is 0 Å². The third-order valence-corrected chi connectivity index (χ3v) is 5.90. The van der Waals surface area contributed by atoms with Crippen molar-refractivity contribution in [1.29, 1.82) is 0 Å². The van der Waals surface area contributed by atoms with E-state index in [0.717, 1.165) is 35.0 Å². The van der Waals surface area contributed by atoms with E-state index >= 15 is 0 Å². The van der Waals surface area contributed by atoms with E-state index in [1.165, 1.54) is 31.5 Å². The van der Waals surface area contributed by atoms with Gasteiger partial charge in [-0.3, -0.25) is 4.98 Å². The van der Waals surface area contributed by atoms with Crippen molar-refractivity contribution < 1.29 is 0 Å². The number of fused-ring (bicyclic) bond motifs is 3. The molecule has 3 fully saturated rings. The molecule has 26 heavy (non-hydrogen) atoms. The Bertz CT molecular complexity index is 889. The van der Waals surface area contributed by atoms with E-state index in [1.807, 2.05) is 19.2 Å². The highest BCUT2D eigenvalue weighted by Crippen LogP contribution is 2.35. The Morgan fingerprint density at radius 1 is 0.923 bits per heavy atom. The van der Waals surface area contributed by atoms with E-state index in [1.54, 1.807) is 0 Å². The molecule has 0 amide bonds. The van der Waals surface area contributed by atoms with Crippen LogP contribution in [-0.2, 0) is 0 Å². The van der Waals surface area contributed by atoms with Crippen LogP contribution in [0.25, 0.3) is 22.4 Å². The summed E-state index contributed by atoms with van der Waals surface area (Å²) in [7, 11) is 0. The van der Waals surface area contributed by atoms with E-state index in [0.29, 0.717) is 6.04 Å². The number of piperidine rings is 3. The lowest BCUT2D eigenvalue weighted by Crippen LogP contribution is -2.48. The van der Waals surface area contributed by atoms with Gasteiger partial charge in [0.1, 0.15) is 5.69 Å². The van der Waals surface area contributed by atoms with Gasteiger partial charge in [-0.1, -0.05) is 35.5 Å². The van der Waals surface area contributed by atoms with Crippen molar-refractivity contribution in [3.05, 3.63) is 54.5 Å². The molecule has 6 rings (SSSR count). The minimum absolute atomic E-state index is 0.483. The Balaban J connectivity index is 1.37. The second kappa shape index (κ2) is 6.32. The van der Waals surface area contributed by atoms with E-state index in [9.17, 15) is 0 Å². The molecule has 0 N–H and O–H groups in total. The van der Waals surface area contributed by atoms with Crippen LogP contribution in [0.4, 0.5) is 0 Å². The van der Waals surface area contributed by atoms with Crippen LogP contribution in [0.15, 0.2) is 48.8 Å². The first-order chi connectivity index (χ1) is 12.8. The average Bonchev–Trinajstić information content (AvgIpc) is 3.20. The van der Waals surface area contributed by atoms with Crippen LogP contribution in [0.3, 0.4) is 0 Å². The zero-order chi connectivity index (χ0) is 17.5. The van der Waals surface area contributed by atoms with Crippen molar-refractivity contribution in [3.63, 3.8) is 0 Å². The summed E-state index contributed by atoms with van der Waals surface area (Å²) in [6, 6.07) is 13.2. The smallest absolute Gasteiger partial charge is 0.113 e. The summed E-state index contributed by atoms with van der Waals surface area (Å²) in [6.07, 6.45) is 6.63. The number of rotatable bonds is 3. The molecule has 5 heterocycles. The molecule has 3 aliphatic heterocycles. The van der Waals surface area contributed by atoms with Gasteiger partial charge in [0, 0.05) is 29.6 Å². The van der Waals surface area contributed by atoms with Gasteiger partial charge in [0.2, 0.25) is 0 Å². The molecule has 0 radical (unpaired) electrons. The zero-order valence-corrected chi connectivity index (χ0v) is 15.0. The van der Waals surface area contributed by atoms with E-state index in [-0.39, 0.29) is 0 Å². The minimum atomic E-state index is 0.483. The van der Waals surface area contributed by atoms with Gasteiger partial charge in [0.15, 0.2) is 0 Å². The van der Waals surface area contributed by atoms with Crippen LogP contribution in [0, 0.1) is 12.8 Å². The number of aromatic nitrogens is 4. The van der Waals surface area contributed by atoms with Crippen molar-refractivity contribution in [2.45, 2.75) is 25.8 Å². The number of hydrogen-bond acceptors (Lipinski definition) is 4. The van der Waals surface area contributed by atoms with Gasteiger partial charge in [-0.15, -0.1) is 5.10 Å². The molecule has 3 saturated heterocycles. The molecule has 3 aliphatic rings. The Hall–Kier alpha value is -2.53. The summed E-state index contributed by atoms with van der Waals surface area (Å²) in [5.41, 5.74) is 5.41. The Kier molecular flexibility index (Phi) is 3.82. The maximum absolute atomic E-state index is 4.46. The molecular weight excluding hydrogens is 322 g/mol. The first-order valence-electron chi connectivity index (χ1n) is 9.44. The lowest BCUT2D eigenvalue weighted by Gasteiger charge is -2.44. The normalized spacial score (nSPS) is 24.7. The SMILES string of the molecule is Cc1ccc(-c2ccc(-c3cn([C@H]4CN5CCC4CC5)nn3)cc2)cn1. The summed E-state index contributed by atoms with van der Waals surface area (Å²) >= 11 is 0. The van der Waals surface area contributed by atoms with Crippen LogP contribution in [0.5, 0.6) is 0 Å². The molecular formula is C21H23N5. The third-order valence-electron chi connectivity index (χ3n) is 5.90. The van der Waals surface area contributed by atoms with Gasteiger partial charge < -0.3 is 4.90 Å². The van der Waals surface area contributed by atoms with Gasteiger partial charge in [-0.2, -0.15) is 0 Å². The molecule has 5 nitrogen and oxygen atoms in total. The Morgan fingerprint density at radius 2 is 1.65 bits per heavy atom. The number of aryl methyl sites for hydroxylation is 1. The van der Waals surface area contributed by atoms with Gasteiger partial charge in [-0.25, -0.2) is 4.68 Å². The fraction of sp³-hybridized carbons (Fsp3) is 0.381. The molecule has 2 aromatic heterocycles. The van der Waals surface area contributed by atoms with Crippen LogP contribution in [0.2, 0.25) is 0 Å². The van der Waals surface area contributed by atoms with Gasteiger partial charge in [0.05, 0.1) is 12.2 Å². The summed E-state index contributed by atoms with van der Waals surface area (Å²) in [4.78, 5) is 6.93.